The Morgan fingerprint density at radius 3 is 2.94 bits per heavy atom. The second-order valence-corrected chi connectivity index (χ2v) is 3.26. The maximum Gasteiger partial charge on any atom is 0.296 e. The molecule has 0 unspecified atom stereocenters. The molecule has 0 bridgehead atoms. The third kappa shape index (κ3) is 2.63. The number of anilines is 1. The van der Waals surface area contributed by atoms with E-state index in [2.05, 4.69) is 25.5 Å². The van der Waals surface area contributed by atoms with E-state index in [0.717, 1.165) is 0 Å². The van der Waals surface area contributed by atoms with E-state index in [1.54, 1.807) is 0 Å². The fraction of sp³-hybridized carbons (Fsp3) is 0.200. The van der Waals surface area contributed by atoms with Crippen molar-refractivity contribution in [2.75, 3.05) is 5.32 Å². The Hall–Kier alpha value is -2.31. The number of H-pyrrole nitrogens is 1. The first-order valence-corrected chi connectivity index (χ1v) is 5.04. The largest absolute Gasteiger partial charge is 0.304 e. The normalized spacial score (nSPS) is 10.2. The number of hydrogen-bond acceptors (Lipinski definition) is 4. The van der Waals surface area contributed by atoms with Gasteiger partial charge in [-0.15, -0.1) is 5.10 Å². The highest BCUT2D eigenvalue weighted by Gasteiger charge is 2.12. The summed E-state index contributed by atoms with van der Waals surface area (Å²) in [5, 5.41) is 8.75. The fourth-order valence-electron chi connectivity index (χ4n) is 1.21. The number of amides is 1. The summed E-state index contributed by atoms with van der Waals surface area (Å²) in [5.74, 6) is -0.445. The molecule has 2 N–H and O–H groups in total. The van der Waals surface area contributed by atoms with Crippen molar-refractivity contribution in [2.45, 2.75) is 13.3 Å². The van der Waals surface area contributed by atoms with Gasteiger partial charge in [0.1, 0.15) is 11.6 Å². The first-order chi connectivity index (χ1) is 8.19. The Bertz CT molecular complexity index is 539. The van der Waals surface area contributed by atoms with Crippen LogP contribution in [0.2, 0.25) is 0 Å². The molecular formula is C10H10FN5O. The average Bonchev–Trinajstić information content (AvgIpc) is 2.77. The molecule has 0 saturated heterocycles. The second kappa shape index (κ2) is 4.69. The van der Waals surface area contributed by atoms with Crippen LogP contribution in [0.1, 0.15) is 23.4 Å². The van der Waals surface area contributed by atoms with Crippen LogP contribution in [0.5, 0.6) is 0 Å². The topological polar surface area (TPSA) is 83.6 Å². The highest BCUT2D eigenvalue weighted by Crippen LogP contribution is 2.05. The average molecular weight is 235 g/mol. The lowest BCUT2D eigenvalue weighted by atomic mass is 10.4. The first-order valence-electron chi connectivity index (χ1n) is 5.04. The highest BCUT2D eigenvalue weighted by molar-refractivity contribution is 6.00. The van der Waals surface area contributed by atoms with Gasteiger partial charge in [0.25, 0.3) is 5.91 Å². The van der Waals surface area contributed by atoms with E-state index in [4.69, 9.17) is 0 Å². The van der Waals surface area contributed by atoms with Crippen molar-refractivity contribution in [3.8, 4) is 0 Å². The highest BCUT2D eigenvalue weighted by atomic mass is 19.1. The van der Waals surface area contributed by atoms with Gasteiger partial charge in [-0.2, -0.15) is 4.39 Å². The number of aryl methyl sites for hydroxylation is 1. The van der Waals surface area contributed by atoms with E-state index in [-0.39, 0.29) is 11.6 Å². The maximum atomic E-state index is 12.8. The van der Waals surface area contributed by atoms with Crippen molar-refractivity contribution < 1.29 is 9.18 Å². The molecule has 2 aromatic heterocycles. The van der Waals surface area contributed by atoms with E-state index < -0.39 is 11.9 Å². The predicted octanol–water partition coefficient (Wildman–Crippen LogP) is 1.15. The monoisotopic (exact) mass is 235 g/mol. The molecule has 2 heterocycles. The summed E-state index contributed by atoms with van der Waals surface area (Å²) in [6.45, 7) is 1.89. The second-order valence-electron chi connectivity index (χ2n) is 3.26. The molecule has 1 amide bonds. The molecule has 0 aliphatic heterocycles. The van der Waals surface area contributed by atoms with Crippen molar-refractivity contribution in [3.05, 3.63) is 35.8 Å². The van der Waals surface area contributed by atoms with Gasteiger partial charge >= 0.3 is 0 Å². The molecule has 2 rings (SSSR count). The minimum absolute atomic E-state index is 0.00733. The number of aromatic amines is 1. The summed E-state index contributed by atoms with van der Waals surface area (Å²) in [6, 6.07) is 4.12. The van der Waals surface area contributed by atoms with Crippen LogP contribution in [0.4, 0.5) is 10.2 Å². The lowest BCUT2D eigenvalue weighted by Crippen LogP contribution is -2.15. The maximum absolute atomic E-state index is 12.8. The molecule has 0 saturated carbocycles. The Morgan fingerprint density at radius 1 is 1.47 bits per heavy atom. The minimum Gasteiger partial charge on any atom is -0.304 e. The number of nitrogens with zero attached hydrogens (tertiary/aromatic N) is 3. The van der Waals surface area contributed by atoms with E-state index in [9.17, 15) is 9.18 Å². The van der Waals surface area contributed by atoms with Crippen molar-refractivity contribution in [1.29, 1.82) is 0 Å². The van der Waals surface area contributed by atoms with Gasteiger partial charge in [0.15, 0.2) is 0 Å². The van der Waals surface area contributed by atoms with E-state index in [0.29, 0.717) is 12.2 Å². The first kappa shape index (κ1) is 11.2. The zero-order valence-corrected chi connectivity index (χ0v) is 9.07. The SMILES string of the molecule is CCc1nc(C(=O)Nc2cccc(F)n2)n[nH]1. The molecule has 17 heavy (non-hydrogen) atoms. The van der Waals surface area contributed by atoms with Gasteiger partial charge in [-0.3, -0.25) is 9.89 Å². The van der Waals surface area contributed by atoms with Crippen LogP contribution in [0.25, 0.3) is 0 Å². The molecule has 0 aromatic carbocycles. The van der Waals surface area contributed by atoms with Crippen LogP contribution in [0.15, 0.2) is 18.2 Å². The third-order valence-electron chi connectivity index (χ3n) is 2.03. The summed E-state index contributed by atoms with van der Waals surface area (Å²) in [5.41, 5.74) is 0. The molecule has 0 spiro atoms. The van der Waals surface area contributed by atoms with Gasteiger partial charge in [-0.1, -0.05) is 13.0 Å². The molecule has 7 heteroatoms. The third-order valence-corrected chi connectivity index (χ3v) is 2.03. The standard InChI is InChI=1S/C10H10FN5O/c1-2-7-13-9(16-15-7)10(17)14-8-5-3-4-6(11)12-8/h3-5H,2H2,1H3,(H,12,14,17)(H,13,15,16). The predicted molar refractivity (Wildman–Crippen MR) is 57.9 cm³/mol. The van der Waals surface area contributed by atoms with Crippen LogP contribution in [0.3, 0.4) is 0 Å². The van der Waals surface area contributed by atoms with Gasteiger partial charge in [-0.25, -0.2) is 9.97 Å². The number of rotatable bonds is 3. The van der Waals surface area contributed by atoms with Crippen molar-refractivity contribution in [2.24, 2.45) is 0 Å². The van der Waals surface area contributed by atoms with E-state index in [1.165, 1.54) is 18.2 Å². The van der Waals surface area contributed by atoms with Gasteiger partial charge in [-0.05, 0) is 12.1 Å². The number of nitrogens with one attached hydrogen (secondary N) is 2. The molecule has 0 aliphatic carbocycles. The molecule has 6 nitrogen and oxygen atoms in total. The molecule has 0 fully saturated rings. The molecule has 88 valence electrons. The zero-order chi connectivity index (χ0) is 12.3. The van der Waals surface area contributed by atoms with Gasteiger partial charge in [0, 0.05) is 6.42 Å². The number of pyridine rings is 1. The summed E-state index contributed by atoms with van der Waals surface area (Å²) >= 11 is 0. The molecule has 0 radical (unpaired) electrons. The number of halogens is 1. The quantitative estimate of drug-likeness (QED) is 0.782. The summed E-state index contributed by atoms with van der Waals surface area (Å²) < 4.78 is 12.8. The van der Waals surface area contributed by atoms with Gasteiger partial charge in [0.05, 0.1) is 0 Å². The smallest absolute Gasteiger partial charge is 0.296 e. The fourth-order valence-corrected chi connectivity index (χ4v) is 1.21. The molecule has 2 aromatic rings. The lowest BCUT2D eigenvalue weighted by molar-refractivity contribution is 0.101. The molecular weight excluding hydrogens is 225 g/mol. The van der Waals surface area contributed by atoms with Crippen molar-refractivity contribution in [3.63, 3.8) is 0 Å². The van der Waals surface area contributed by atoms with Crippen LogP contribution in [-0.4, -0.2) is 26.1 Å². The lowest BCUT2D eigenvalue weighted by Gasteiger charge is -2.00. The van der Waals surface area contributed by atoms with Gasteiger partial charge < -0.3 is 5.32 Å². The Balaban J connectivity index is 2.11. The Labute approximate surface area is 96.3 Å². The number of carbonyl (C=O) groups is 1. The Morgan fingerprint density at radius 2 is 2.29 bits per heavy atom. The van der Waals surface area contributed by atoms with Gasteiger partial charge in [0.2, 0.25) is 11.8 Å². The molecule has 0 atom stereocenters. The summed E-state index contributed by atoms with van der Waals surface area (Å²) in [7, 11) is 0. The van der Waals surface area contributed by atoms with Crippen molar-refractivity contribution >= 4 is 11.7 Å². The van der Waals surface area contributed by atoms with Crippen LogP contribution in [-0.2, 0) is 6.42 Å². The van der Waals surface area contributed by atoms with Crippen LogP contribution >= 0.6 is 0 Å². The number of carbonyl (C=O) groups excluding carboxylic acids is 1. The van der Waals surface area contributed by atoms with E-state index >= 15 is 0 Å². The number of hydrogen-bond donors (Lipinski definition) is 2. The summed E-state index contributed by atoms with van der Waals surface area (Å²) in [6.07, 6.45) is 0.651. The summed E-state index contributed by atoms with van der Waals surface area (Å²) in [4.78, 5) is 19.1. The Kier molecular flexibility index (Phi) is 3.08. The van der Waals surface area contributed by atoms with Crippen LogP contribution in [0, 0.1) is 5.95 Å². The minimum atomic E-state index is -0.660. The number of aromatic nitrogens is 4. The van der Waals surface area contributed by atoms with Crippen LogP contribution < -0.4 is 5.32 Å². The van der Waals surface area contributed by atoms with E-state index in [1.807, 2.05) is 6.92 Å². The zero-order valence-electron chi connectivity index (χ0n) is 9.07. The van der Waals surface area contributed by atoms with Crippen molar-refractivity contribution in [1.82, 2.24) is 20.2 Å². The molecule has 0 aliphatic rings.